The minimum Gasteiger partial charge on any atom is -0.256 e. The summed E-state index contributed by atoms with van der Waals surface area (Å²) in [7, 11) is -2.58. The van der Waals surface area contributed by atoms with Gasteiger partial charge in [0.05, 0.1) is 30.5 Å². The Balaban J connectivity index is 1.40. The van der Waals surface area contributed by atoms with Crippen molar-refractivity contribution in [3.05, 3.63) is 132 Å². The highest BCUT2D eigenvalue weighted by molar-refractivity contribution is 6.88. The maximum absolute atomic E-state index is 14.3. The molecule has 280 valence electrons. The fourth-order valence-electron chi connectivity index (χ4n) is 6.66. The lowest BCUT2D eigenvalue weighted by atomic mass is 9.82. The Morgan fingerprint density at radius 3 is 1.44 bits per heavy atom. The molecule has 54 heavy (non-hydrogen) atoms. The average molecular weight is 766 g/mol. The molecule has 6 aromatic rings. The summed E-state index contributed by atoms with van der Waals surface area (Å²) in [5.41, 5.74) is -2.01. The van der Waals surface area contributed by atoms with Crippen molar-refractivity contribution in [1.29, 1.82) is 0 Å². The minimum absolute atomic E-state index is 0.0320. The van der Waals surface area contributed by atoms with Crippen LogP contribution in [0.3, 0.4) is 0 Å². The molecular formula is C43H36F9NSi. The van der Waals surface area contributed by atoms with Crippen molar-refractivity contribution in [1.82, 2.24) is 4.98 Å². The third-order valence-corrected chi connectivity index (χ3v) is 11.5. The second-order valence-electron chi connectivity index (χ2n) is 15.5. The van der Waals surface area contributed by atoms with E-state index in [1.54, 1.807) is 31.8 Å². The van der Waals surface area contributed by atoms with E-state index in [2.05, 4.69) is 25.8 Å². The van der Waals surface area contributed by atoms with Gasteiger partial charge in [-0.25, -0.2) is 0 Å². The van der Waals surface area contributed by atoms with E-state index in [1.807, 2.05) is 36.4 Å². The zero-order chi connectivity index (χ0) is 39.6. The van der Waals surface area contributed by atoms with Gasteiger partial charge < -0.3 is 0 Å². The first-order valence-corrected chi connectivity index (χ1v) is 20.6. The van der Waals surface area contributed by atoms with E-state index in [1.165, 1.54) is 42.5 Å². The van der Waals surface area contributed by atoms with Crippen LogP contribution in [0.4, 0.5) is 39.5 Å². The van der Waals surface area contributed by atoms with E-state index in [0.717, 1.165) is 34.7 Å². The first kappa shape index (κ1) is 38.8. The molecule has 0 spiro atoms. The Morgan fingerprint density at radius 2 is 0.963 bits per heavy atom. The number of rotatable bonds is 5. The molecule has 0 aliphatic carbocycles. The molecule has 0 aliphatic heterocycles. The molecule has 0 radical (unpaired) electrons. The predicted octanol–water partition coefficient (Wildman–Crippen LogP) is 13.8. The topological polar surface area (TPSA) is 12.9 Å². The number of pyridine rings is 1. The normalized spacial score (nSPS) is 13.1. The molecule has 0 saturated carbocycles. The van der Waals surface area contributed by atoms with Crippen LogP contribution >= 0.6 is 0 Å². The van der Waals surface area contributed by atoms with Crippen LogP contribution in [0.2, 0.25) is 19.6 Å². The lowest BCUT2D eigenvalue weighted by Crippen LogP contribution is -2.39. The van der Waals surface area contributed by atoms with Gasteiger partial charge in [-0.05, 0) is 67.8 Å². The van der Waals surface area contributed by atoms with Crippen molar-refractivity contribution in [2.75, 3.05) is 0 Å². The Bertz CT molecular complexity index is 2300. The third-order valence-electron chi connectivity index (χ3n) is 9.49. The first-order valence-electron chi connectivity index (χ1n) is 17.1. The van der Waals surface area contributed by atoms with E-state index in [-0.39, 0.29) is 27.3 Å². The highest BCUT2D eigenvalue weighted by atomic mass is 28.3. The van der Waals surface area contributed by atoms with Gasteiger partial charge in [-0.1, -0.05) is 131 Å². The molecule has 0 amide bonds. The zero-order valence-corrected chi connectivity index (χ0v) is 31.2. The minimum atomic E-state index is -5.05. The van der Waals surface area contributed by atoms with Crippen LogP contribution in [0.1, 0.15) is 43.0 Å². The number of halogens is 9. The molecule has 5 aromatic carbocycles. The number of hydrogen-bond acceptors (Lipinski definition) is 1. The summed E-state index contributed by atoms with van der Waals surface area (Å²) in [6.45, 7) is 11.2. The number of hydrogen-bond donors (Lipinski definition) is 0. The Morgan fingerprint density at radius 1 is 0.481 bits per heavy atom. The molecule has 1 heterocycles. The van der Waals surface area contributed by atoms with Crippen LogP contribution in [-0.4, -0.2) is 13.1 Å². The molecule has 0 saturated heterocycles. The summed E-state index contributed by atoms with van der Waals surface area (Å²) in [4.78, 5) is 4.23. The fourth-order valence-corrected chi connectivity index (χ4v) is 7.82. The quantitative estimate of drug-likeness (QED) is 0.126. The monoisotopic (exact) mass is 765 g/mol. The van der Waals surface area contributed by atoms with Gasteiger partial charge in [0.25, 0.3) is 0 Å². The fraction of sp³-hybridized carbons (Fsp3) is 0.233. The van der Waals surface area contributed by atoms with Crippen molar-refractivity contribution in [3.8, 4) is 44.6 Å². The molecule has 0 bridgehead atoms. The summed E-state index contributed by atoms with van der Waals surface area (Å²) in [6.07, 6.45) is -14.0. The van der Waals surface area contributed by atoms with Gasteiger partial charge in [0, 0.05) is 17.3 Å². The second kappa shape index (κ2) is 13.4. The van der Waals surface area contributed by atoms with E-state index >= 15 is 0 Å². The van der Waals surface area contributed by atoms with E-state index in [0.29, 0.717) is 22.4 Å². The molecule has 1 nitrogen and oxygen atoms in total. The summed E-state index contributed by atoms with van der Waals surface area (Å²) in [6, 6.07) is 26.0. The van der Waals surface area contributed by atoms with E-state index in [4.69, 9.17) is 0 Å². The number of benzene rings is 5. The van der Waals surface area contributed by atoms with Crippen LogP contribution in [-0.2, 0) is 23.9 Å². The highest BCUT2D eigenvalue weighted by Gasteiger charge is 2.43. The first-order chi connectivity index (χ1) is 24.9. The van der Waals surface area contributed by atoms with Crippen LogP contribution in [0.25, 0.3) is 55.4 Å². The molecule has 1 aromatic heterocycles. The largest absolute Gasteiger partial charge is 0.418 e. The van der Waals surface area contributed by atoms with Gasteiger partial charge in [0.15, 0.2) is 0 Å². The lowest BCUT2D eigenvalue weighted by Gasteiger charge is -2.25. The van der Waals surface area contributed by atoms with Crippen LogP contribution in [0, 0.1) is 0 Å². The van der Waals surface area contributed by atoms with Crippen molar-refractivity contribution >= 4 is 24.0 Å². The Hall–Kier alpha value is -4.90. The van der Waals surface area contributed by atoms with Crippen molar-refractivity contribution in [2.45, 2.75) is 64.4 Å². The predicted molar refractivity (Wildman–Crippen MR) is 200 cm³/mol. The van der Waals surface area contributed by atoms with Gasteiger partial charge >= 0.3 is 18.5 Å². The van der Waals surface area contributed by atoms with Crippen LogP contribution < -0.4 is 5.19 Å². The van der Waals surface area contributed by atoms with Crippen molar-refractivity contribution < 1.29 is 39.5 Å². The average Bonchev–Trinajstić information content (AvgIpc) is 3.08. The standard InChI is InChI=1S/C43H36F9NSi/c1-40(2,3)34-20-30(19-29-9-7-8-10-32(29)34)38-23-33(37(24-53-38)43(50,51)52)27-15-11-25(12-16-27)26-13-17-28(18-14-26)39-35(41(44,45)46)21-31(54(4,5)6)22-36(39)42(47,48)49/h7-24H,1-6H3. The smallest absolute Gasteiger partial charge is 0.256 e. The summed E-state index contributed by atoms with van der Waals surface area (Å²) >= 11 is 0. The SMILES string of the molecule is CC(C)(C)c1cc(-c2cc(-c3ccc(-c4ccc(-c5c(C(F)(F)F)cc([Si](C)(C)C)cc5C(F)(F)F)cc4)cc3)c(C(F)(F)F)cn2)cc2ccccc12. The second-order valence-corrected chi connectivity index (χ2v) is 20.5. The molecule has 0 unspecified atom stereocenters. The summed E-state index contributed by atoms with van der Waals surface area (Å²) in [5, 5.41) is 1.99. The molecule has 6 rings (SSSR count). The molecule has 0 atom stereocenters. The van der Waals surface area contributed by atoms with E-state index in [9.17, 15) is 39.5 Å². The van der Waals surface area contributed by atoms with Crippen molar-refractivity contribution in [3.63, 3.8) is 0 Å². The molecule has 11 heteroatoms. The van der Waals surface area contributed by atoms with Crippen LogP contribution in [0.5, 0.6) is 0 Å². The van der Waals surface area contributed by atoms with Crippen LogP contribution in [0.15, 0.2) is 109 Å². The number of nitrogens with zero attached hydrogens (tertiary/aromatic N) is 1. The molecule has 0 N–H and O–H groups in total. The maximum Gasteiger partial charge on any atom is 0.418 e. The maximum atomic E-state index is 14.3. The summed E-state index contributed by atoms with van der Waals surface area (Å²) in [5.74, 6) is 0. The molecule has 0 fully saturated rings. The van der Waals surface area contributed by atoms with Gasteiger partial charge in [-0.2, -0.15) is 39.5 Å². The molecular weight excluding hydrogens is 730 g/mol. The van der Waals surface area contributed by atoms with Gasteiger partial charge in [0.1, 0.15) is 0 Å². The Kier molecular flexibility index (Phi) is 9.66. The Labute approximate surface area is 308 Å². The van der Waals surface area contributed by atoms with Gasteiger partial charge in [-0.15, -0.1) is 0 Å². The number of alkyl halides is 9. The molecule has 0 aliphatic rings. The van der Waals surface area contributed by atoms with E-state index < -0.39 is 48.9 Å². The van der Waals surface area contributed by atoms with Gasteiger partial charge in [-0.3, -0.25) is 4.98 Å². The highest BCUT2D eigenvalue weighted by Crippen LogP contribution is 2.45. The zero-order valence-electron chi connectivity index (χ0n) is 30.2. The van der Waals surface area contributed by atoms with Gasteiger partial charge in [0.2, 0.25) is 0 Å². The number of fused-ring (bicyclic) bond motifs is 1. The lowest BCUT2D eigenvalue weighted by molar-refractivity contribution is -0.142. The number of aromatic nitrogens is 1. The summed E-state index contributed by atoms with van der Waals surface area (Å²) < 4.78 is 129. The third kappa shape index (κ3) is 7.82. The van der Waals surface area contributed by atoms with Crippen molar-refractivity contribution in [2.24, 2.45) is 0 Å².